The van der Waals surface area contributed by atoms with Crippen molar-refractivity contribution in [1.82, 2.24) is 4.72 Å². The molecule has 114 valence electrons. The summed E-state index contributed by atoms with van der Waals surface area (Å²) in [6.45, 7) is 2.04. The summed E-state index contributed by atoms with van der Waals surface area (Å²) in [5.74, 6) is 0.749. The van der Waals surface area contributed by atoms with E-state index in [-0.39, 0.29) is 6.54 Å². The van der Waals surface area contributed by atoms with Crippen LogP contribution in [0.2, 0.25) is 0 Å². The van der Waals surface area contributed by atoms with Gasteiger partial charge in [0.15, 0.2) is 0 Å². The Labute approximate surface area is 131 Å². The van der Waals surface area contributed by atoms with E-state index in [1.54, 1.807) is 12.1 Å². The Hall–Kier alpha value is -1.02. The van der Waals surface area contributed by atoms with E-state index >= 15 is 0 Å². The molecule has 0 saturated carbocycles. The Balaban J connectivity index is 1.82. The molecule has 1 aromatic heterocycles. The zero-order chi connectivity index (χ0) is 15.3. The van der Waals surface area contributed by atoms with Gasteiger partial charge in [0.1, 0.15) is 4.21 Å². The first kappa shape index (κ1) is 16.4. The van der Waals surface area contributed by atoms with Gasteiger partial charge in [-0.3, -0.25) is 4.21 Å². The third-order valence-corrected chi connectivity index (χ3v) is 7.04. The molecule has 1 atom stereocenters. The molecule has 0 bridgehead atoms. The molecule has 0 aliphatic carbocycles. The number of thiophene rings is 1. The van der Waals surface area contributed by atoms with Gasteiger partial charge in [-0.05, 0) is 24.6 Å². The highest BCUT2D eigenvalue weighted by Crippen LogP contribution is 2.20. The SMILES string of the molecule is Cc1ccc(S(=O)(=O)NCC[S@@](=O)Cc2ccccc2)s1. The first-order valence-electron chi connectivity index (χ1n) is 6.42. The van der Waals surface area contributed by atoms with E-state index < -0.39 is 20.8 Å². The van der Waals surface area contributed by atoms with Crippen molar-refractivity contribution in [3.05, 3.63) is 52.9 Å². The summed E-state index contributed by atoms with van der Waals surface area (Å²) in [5, 5.41) is 0. The molecular weight excluding hydrogens is 326 g/mol. The van der Waals surface area contributed by atoms with E-state index in [0.29, 0.717) is 15.7 Å². The molecule has 0 aliphatic rings. The van der Waals surface area contributed by atoms with Crippen LogP contribution in [0, 0.1) is 6.92 Å². The number of rotatable bonds is 7. The average molecular weight is 343 g/mol. The molecule has 0 radical (unpaired) electrons. The van der Waals surface area contributed by atoms with Crippen molar-refractivity contribution < 1.29 is 12.6 Å². The molecule has 0 fully saturated rings. The van der Waals surface area contributed by atoms with Gasteiger partial charge in [-0.25, -0.2) is 13.1 Å². The van der Waals surface area contributed by atoms with Crippen molar-refractivity contribution >= 4 is 32.2 Å². The van der Waals surface area contributed by atoms with Gasteiger partial charge < -0.3 is 0 Å². The fourth-order valence-corrected chi connectivity index (χ4v) is 5.28. The van der Waals surface area contributed by atoms with E-state index in [2.05, 4.69) is 4.72 Å². The minimum Gasteiger partial charge on any atom is -0.259 e. The smallest absolute Gasteiger partial charge is 0.250 e. The molecule has 1 heterocycles. The van der Waals surface area contributed by atoms with E-state index in [4.69, 9.17) is 0 Å². The molecule has 0 saturated heterocycles. The first-order valence-corrected chi connectivity index (χ1v) is 10.2. The fourth-order valence-electron chi connectivity index (χ4n) is 1.75. The van der Waals surface area contributed by atoms with E-state index in [1.165, 1.54) is 11.3 Å². The second-order valence-electron chi connectivity index (χ2n) is 4.54. The van der Waals surface area contributed by atoms with Gasteiger partial charge in [0.25, 0.3) is 0 Å². The van der Waals surface area contributed by atoms with Crippen LogP contribution in [0.1, 0.15) is 10.4 Å². The largest absolute Gasteiger partial charge is 0.259 e. The summed E-state index contributed by atoms with van der Waals surface area (Å²) in [7, 11) is -4.55. The summed E-state index contributed by atoms with van der Waals surface area (Å²) >= 11 is 1.23. The Morgan fingerprint density at radius 2 is 1.86 bits per heavy atom. The number of hydrogen-bond donors (Lipinski definition) is 1. The normalized spacial score (nSPS) is 13.2. The molecule has 1 N–H and O–H groups in total. The lowest BCUT2D eigenvalue weighted by Crippen LogP contribution is -2.27. The highest BCUT2D eigenvalue weighted by molar-refractivity contribution is 7.91. The number of aryl methyl sites for hydroxylation is 1. The van der Waals surface area contributed by atoms with Crippen molar-refractivity contribution in [1.29, 1.82) is 0 Å². The van der Waals surface area contributed by atoms with E-state index in [0.717, 1.165) is 10.4 Å². The molecule has 21 heavy (non-hydrogen) atoms. The molecule has 0 aliphatic heterocycles. The second-order valence-corrected chi connectivity index (χ2v) is 9.40. The average Bonchev–Trinajstić information content (AvgIpc) is 2.87. The minimum absolute atomic E-state index is 0.179. The van der Waals surface area contributed by atoms with Crippen LogP contribution in [0.4, 0.5) is 0 Å². The van der Waals surface area contributed by atoms with Gasteiger partial charge in [0.2, 0.25) is 10.0 Å². The number of benzene rings is 1. The third kappa shape index (κ3) is 5.03. The van der Waals surface area contributed by atoms with Crippen molar-refractivity contribution in [2.75, 3.05) is 12.3 Å². The van der Waals surface area contributed by atoms with Crippen LogP contribution < -0.4 is 4.72 Å². The maximum atomic E-state index is 12.0. The molecular formula is C14H17NO3S3. The van der Waals surface area contributed by atoms with Crippen molar-refractivity contribution in [2.24, 2.45) is 0 Å². The zero-order valence-electron chi connectivity index (χ0n) is 11.6. The second kappa shape index (κ2) is 7.31. The van der Waals surface area contributed by atoms with Gasteiger partial charge in [-0.1, -0.05) is 30.3 Å². The van der Waals surface area contributed by atoms with Crippen LogP contribution in [0.15, 0.2) is 46.7 Å². The summed E-state index contributed by atoms with van der Waals surface area (Å²) in [6, 6.07) is 12.9. The summed E-state index contributed by atoms with van der Waals surface area (Å²) in [6.07, 6.45) is 0. The number of nitrogens with one attached hydrogen (secondary N) is 1. The van der Waals surface area contributed by atoms with Crippen LogP contribution in [-0.2, 0) is 26.6 Å². The monoisotopic (exact) mass is 343 g/mol. The van der Waals surface area contributed by atoms with Crippen LogP contribution >= 0.6 is 11.3 Å². The van der Waals surface area contributed by atoms with Crippen molar-refractivity contribution in [2.45, 2.75) is 16.9 Å². The molecule has 2 aromatic rings. The van der Waals surface area contributed by atoms with Crippen molar-refractivity contribution in [3.8, 4) is 0 Å². The van der Waals surface area contributed by atoms with Crippen LogP contribution in [0.25, 0.3) is 0 Å². The molecule has 7 heteroatoms. The minimum atomic E-state index is -3.47. The lowest BCUT2D eigenvalue weighted by molar-refractivity contribution is 0.586. The fraction of sp³-hybridized carbons (Fsp3) is 0.286. The highest BCUT2D eigenvalue weighted by atomic mass is 32.2. The lowest BCUT2D eigenvalue weighted by Gasteiger charge is -2.05. The Kier molecular flexibility index (Phi) is 5.69. The standard InChI is InChI=1S/C14H17NO3S3/c1-12-7-8-14(19-12)21(17,18)15-9-10-20(16)11-13-5-3-2-4-6-13/h2-8,15H,9-11H2,1H3/t20-/m1/s1. The van der Waals surface area contributed by atoms with Crippen LogP contribution in [0.5, 0.6) is 0 Å². The van der Waals surface area contributed by atoms with Gasteiger partial charge in [-0.15, -0.1) is 11.3 Å². The molecule has 2 rings (SSSR count). The third-order valence-electron chi connectivity index (χ3n) is 2.77. The van der Waals surface area contributed by atoms with E-state index in [1.807, 2.05) is 37.3 Å². The molecule has 4 nitrogen and oxygen atoms in total. The van der Waals surface area contributed by atoms with Crippen molar-refractivity contribution in [3.63, 3.8) is 0 Å². The predicted octanol–water partition coefficient (Wildman–Crippen LogP) is 2.28. The molecule has 0 unspecified atom stereocenters. The predicted molar refractivity (Wildman–Crippen MR) is 87.4 cm³/mol. The van der Waals surface area contributed by atoms with Gasteiger partial charge in [0, 0.05) is 33.7 Å². The van der Waals surface area contributed by atoms with Gasteiger partial charge >= 0.3 is 0 Å². The van der Waals surface area contributed by atoms with Gasteiger partial charge in [0.05, 0.1) is 0 Å². The summed E-state index contributed by atoms with van der Waals surface area (Å²) in [4.78, 5) is 0.947. The highest BCUT2D eigenvalue weighted by Gasteiger charge is 2.15. The molecule has 1 aromatic carbocycles. The Bertz CT molecular complexity index is 708. The summed E-state index contributed by atoms with van der Waals surface area (Å²) < 4.78 is 38.7. The number of hydrogen-bond acceptors (Lipinski definition) is 4. The maximum Gasteiger partial charge on any atom is 0.250 e. The van der Waals surface area contributed by atoms with Gasteiger partial charge in [-0.2, -0.15) is 0 Å². The first-order chi connectivity index (χ1) is 9.97. The number of sulfonamides is 1. The Morgan fingerprint density at radius 1 is 1.14 bits per heavy atom. The van der Waals surface area contributed by atoms with E-state index in [9.17, 15) is 12.6 Å². The lowest BCUT2D eigenvalue weighted by atomic mass is 10.2. The molecule has 0 spiro atoms. The quantitative estimate of drug-likeness (QED) is 0.839. The summed E-state index contributed by atoms with van der Waals surface area (Å²) in [5.41, 5.74) is 0.993. The molecule has 0 amide bonds. The van der Waals surface area contributed by atoms with Crippen LogP contribution in [-0.4, -0.2) is 24.9 Å². The van der Waals surface area contributed by atoms with Crippen LogP contribution in [0.3, 0.4) is 0 Å². The maximum absolute atomic E-state index is 12.0. The zero-order valence-corrected chi connectivity index (χ0v) is 14.1. The topological polar surface area (TPSA) is 63.2 Å². The Morgan fingerprint density at radius 3 is 2.48 bits per heavy atom.